The first kappa shape index (κ1) is 14.3. The molecule has 4 nitrogen and oxygen atoms in total. The zero-order valence-corrected chi connectivity index (χ0v) is 13.4. The molecule has 0 aliphatic heterocycles. The third kappa shape index (κ3) is 2.50. The summed E-state index contributed by atoms with van der Waals surface area (Å²) in [6.07, 6.45) is 1.18. The Morgan fingerprint density at radius 2 is 1.81 bits per heavy atom. The van der Waals surface area contributed by atoms with Crippen LogP contribution in [0.4, 0.5) is 0 Å². The summed E-state index contributed by atoms with van der Waals surface area (Å²) in [7, 11) is -3.33. The summed E-state index contributed by atoms with van der Waals surface area (Å²) in [4.78, 5) is 3.22. The first-order valence-corrected chi connectivity index (χ1v) is 8.75. The molecule has 0 radical (unpaired) electrons. The van der Waals surface area contributed by atoms with E-state index in [1.165, 1.54) is 6.26 Å². The molecule has 3 rings (SSSR count). The second-order valence-electron chi connectivity index (χ2n) is 4.66. The minimum absolute atomic E-state index is 0.235. The number of halogens is 1. The fourth-order valence-corrected chi connectivity index (χ4v) is 3.54. The number of para-hydroxylation sites is 1. The van der Waals surface area contributed by atoms with Crippen LogP contribution in [0, 0.1) is 4.77 Å². The fourth-order valence-electron chi connectivity index (χ4n) is 2.26. The van der Waals surface area contributed by atoms with Gasteiger partial charge in [0.2, 0.25) is 0 Å². The summed E-state index contributed by atoms with van der Waals surface area (Å²) in [5.41, 5.74) is 2.05. The molecule has 0 spiro atoms. The monoisotopic (exact) mass is 338 g/mol. The van der Waals surface area contributed by atoms with E-state index in [0.717, 1.165) is 5.69 Å². The molecule has 0 aliphatic carbocycles. The Labute approximate surface area is 131 Å². The number of hydrogen-bond donors (Lipinski definition) is 1. The quantitative estimate of drug-likeness (QED) is 0.724. The smallest absolute Gasteiger partial charge is 0.182 e. The van der Waals surface area contributed by atoms with Crippen LogP contribution in [0.1, 0.15) is 0 Å². The molecule has 2 aromatic carbocycles. The van der Waals surface area contributed by atoms with Gasteiger partial charge in [0.15, 0.2) is 14.6 Å². The lowest BCUT2D eigenvalue weighted by Crippen LogP contribution is -1.98. The maximum atomic E-state index is 11.9. The first-order chi connectivity index (χ1) is 9.88. The molecule has 0 aliphatic rings. The van der Waals surface area contributed by atoms with Crippen molar-refractivity contribution in [2.24, 2.45) is 0 Å². The predicted molar refractivity (Wildman–Crippen MR) is 86.6 cm³/mol. The van der Waals surface area contributed by atoms with Crippen LogP contribution in [0.15, 0.2) is 47.4 Å². The van der Waals surface area contributed by atoms with Crippen LogP contribution in [0.5, 0.6) is 0 Å². The van der Waals surface area contributed by atoms with Crippen molar-refractivity contribution in [3.63, 3.8) is 0 Å². The second kappa shape index (κ2) is 4.98. The lowest BCUT2D eigenvalue weighted by Gasteiger charge is -2.05. The number of aromatic amines is 1. The molecule has 0 saturated heterocycles. The maximum absolute atomic E-state index is 11.9. The summed E-state index contributed by atoms with van der Waals surface area (Å²) < 4.78 is 26.0. The Kier molecular flexibility index (Phi) is 3.39. The molecular formula is C14H11ClN2O2S2. The van der Waals surface area contributed by atoms with Crippen molar-refractivity contribution >= 4 is 44.7 Å². The fraction of sp³-hybridized carbons (Fsp3) is 0.0714. The Morgan fingerprint density at radius 1 is 1.14 bits per heavy atom. The van der Waals surface area contributed by atoms with E-state index in [1.807, 2.05) is 18.2 Å². The molecule has 3 aromatic rings. The lowest BCUT2D eigenvalue weighted by molar-refractivity contribution is 0.602. The Bertz CT molecular complexity index is 986. The highest BCUT2D eigenvalue weighted by Gasteiger charge is 2.16. The van der Waals surface area contributed by atoms with E-state index in [2.05, 4.69) is 4.98 Å². The van der Waals surface area contributed by atoms with Gasteiger partial charge < -0.3 is 4.98 Å². The number of aromatic nitrogens is 2. The molecule has 1 N–H and O–H groups in total. The van der Waals surface area contributed by atoms with Gasteiger partial charge in [-0.05, 0) is 48.6 Å². The summed E-state index contributed by atoms with van der Waals surface area (Å²) in [5, 5.41) is 0.627. The van der Waals surface area contributed by atoms with Gasteiger partial charge in [0.25, 0.3) is 0 Å². The number of rotatable bonds is 2. The van der Waals surface area contributed by atoms with Crippen LogP contribution in [0.3, 0.4) is 0 Å². The Balaban J connectivity index is 2.38. The molecule has 0 atom stereocenters. The van der Waals surface area contributed by atoms with E-state index in [9.17, 15) is 8.42 Å². The average molecular weight is 339 g/mol. The van der Waals surface area contributed by atoms with Crippen LogP contribution >= 0.6 is 23.8 Å². The van der Waals surface area contributed by atoms with Crippen LogP contribution in [0.25, 0.3) is 16.7 Å². The minimum Gasteiger partial charge on any atom is -0.329 e. The number of benzene rings is 2. The van der Waals surface area contributed by atoms with E-state index in [4.69, 9.17) is 23.8 Å². The molecule has 0 fully saturated rings. The number of sulfone groups is 1. The number of imidazole rings is 1. The summed E-state index contributed by atoms with van der Waals surface area (Å²) in [5.74, 6) is 0. The maximum Gasteiger partial charge on any atom is 0.182 e. The van der Waals surface area contributed by atoms with Gasteiger partial charge in [-0.3, -0.25) is 4.57 Å². The van der Waals surface area contributed by atoms with E-state index in [-0.39, 0.29) is 4.90 Å². The summed E-state index contributed by atoms with van der Waals surface area (Å²) in [6.45, 7) is 0. The highest BCUT2D eigenvalue weighted by molar-refractivity contribution is 7.91. The van der Waals surface area contributed by atoms with Gasteiger partial charge in [0.05, 0.1) is 15.9 Å². The van der Waals surface area contributed by atoms with Crippen LogP contribution in [-0.2, 0) is 9.84 Å². The molecule has 1 aromatic heterocycles. The molecule has 0 unspecified atom stereocenters. The van der Waals surface area contributed by atoms with Crippen molar-refractivity contribution < 1.29 is 8.42 Å². The number of hydrogen-bond acceptors (Lipinski definition) is 3. The van der Waals surface area contributed by atoms with E-state index in [1.54, 1.807) is 28.8 Å². The minimum atomic E-state index is -3.33. The Morgan fingerprint density at radius 3 is 2.43 bits per heavy atom. The van der Waals surface area contributed by atoms with Crippen molar-refractivity contribution in [2.45, 2.75) is 4.90 Å². The molecule has 0 bridgehead atoms. The molecule has 0 saturated carbocycles. The van der Waals surface area contributed by atoms with Gasteiger partial charge in [0.1, 0.15) is 0 Å². The highest BCUT2D eigenvalue weighted by Crippen LogP contribution is 2.25. The average Bonchev–Trinajstić information content (AvgIpc) is 2.74. The number of H-pyrrole nitrogens is 1. The highest BCUT2D eigenvalue weighted by atomic mass is 35.5. The van der Waals surface area contributed by atoms with Gasteiger partial charge in [-0.2, -0.15) is 0 Å². The number of nitrogens with one attached hydrogen (secondary N) is 1. The molecule has 21 heavy (non-hydrogen) atoms. The van der Waals surface area contributed by atoms with Crippen LogP contribution in [0.2, 0.25) is 5.02 Å². The van der Waals surface area contributed by atoms with Crippen molar-refractivity contribution in [2.75, 3.05) is 6.26 Å². The predicted octanol–water partition coefficient (Wildman–Crippen LogP) is 3.74. The topological polar surface area (TPSA) is 54.9 Å². The van der Waals surface area contributed by atoms with E-state index >= 15 is 0 Å². The van der Waals surface area contributed by atoms with Gasteiger partial charge in [0, 0.05) is 17.0 Å². The van der Waals surface area contributed by atoms with Crippen molar-refractivity contribution in [3.8, 4) is 5.69 Å². The van der Waals surface area contributed by atoms with Crippen LogP contribution in [-0.4, -0.2) is 24.2 Å². The third-order valence-corrected chi connectivity index (χ3v) is 4.84. The third-order valence-electron chi connectivity index (χ3n) is 3.16. The van der Waals surface area contributed by atoms with Crippen molar-refractivity contribution in [1.29, 1.82) is 0 Å². The molecule has 1 heterocycles. The van der Waals surface area contributed by atoms with Crippen LogP contribution < -0.4 is 0 Å². The zero-order chi connectivity index (χ0) is 15.2. The molecule has 0 amide bonds. The number of nitrogens with zero attached hydrogens (tertiary/aromatic N) is 1. The molecule has 108 valence electrons. The van der Waals surface area contributed by atoms with Crippen molar-refractivity contribution in [3.05, 3.63) is 52.3 Å². The molecular weight excluding hydrogens is 328 g/mol. The van der Waals surface area contributed by atoms with E-state index in [0.29, 0.717) is 20.8 Å². The SMILES string of the molecule is CS(=O)(=O)c1cccc2c1[nH]c(=S)n2-c1ccc(Cl)cc1. The normalized spacial score (nSPS) is 11.9. The summed E-state index contributed by atoms with van der Waals surface area (Å²) >= 11 is 11.2. The largest absolute Gasteiger partial charge is 0.329 e. The number of fused-ring (bicyclic) bond motifs is 1. The zero-order valence-electron chi connectivity index (χ0n) is 11.0. The summed E-state index contributed by atoms with van der Waals surface area (Å²) in [6, 6.07) is 12.3. The van der Waals surface area contributed by atoms with Crippen molar-refractivity contribution in [1.82, 2.24) is 9.55 Å². The second-order valence-corrected chi connectivity index (χ2v) is 7.47. The van der Waals surface area contributed by atoms with E-state index < -0.39 is 9.84 Å². The van der Waals surface area contributed by atoms with Gasteiger partial charge in [-0.15, -0.1) is 0 Å². The standard InChI is InChI=1S/C14H11ClN2O2S2/c1-21(18,19)12-4-2-3-11-13(12)16-14(20)17(11)10-7-5-9(15)6-8-10/h2-8H,1H3,(H,16,20). The van der Waals surface area contributed by atoms with Gasteiger partial charge in [-0.25, -0.2) is 8.42 Å². The lowest BCUT2D eigenvalue weighted by atomic mass is 10.3. The Hall–Kier alpha value is -1.63. The van der Waals surface area contributed by atoms with Gasteiger partial charge >= 0.3 is 0 Å². The molecule has 7 heteroatoms. The van der Waals surface area contributed by atoms with Gasteiger partial charge in [-0.1, -0.05) is 17.7 Å². The first-order valence-electron chi connectivity index (χ1n) is 6.08.